The summed E-state index contributed by atoms with van der Waals surface area (Å²) >= 11 is 12.7. The van der Waals surface area contributed by atoms with Gasteiger partial charge in [0.1, 0.15) is 16.1 Å². The molecule has 0 amide bonds. The fourth-order valence-electron chi connectivity index (χ4n) is 2.82. The number of nitrogens with zero attached hydrogens (tertiary/aromatic N) is 2. The first kappa shape index (κ1) is 14.1. The van der Waals surface area contributed by atoms with E-state index < -0.39 is 0 Å². The van der Waals surface area contributed by atoms with Crippen LogP contribution in [0.15, 0.2) is 0 Å². The van der Waals surface area contributed by atoms with Crippen molar-refractivity contribution in [3.63, 3.8) is 0 Å². The van der Waals surface area contributed by atoms with Crippen LogP contribution in [0.25, 0.3) is 0 Å². The summed E-state index contributed by atoms with van der Waals surface area (Å²) in [5.41, 5.74) is 0.977. The van der Waals surface area contributed by atoms with Crippen molar-refractivity contribution in [3.05, 3.63) is 21.7 Å². The lowest BCUT2D eigenvalue weighted by atomic mass is 9.99. The van der Waals surface area contributed by atoms with Crippen molar-refractivity contribution in [1.82, 2.24) is 9.97 Å². The molecule has 0 N–H and O–H groups in total. The lowest BCUT2D eigenvalue weighted by Gasteiger charge is -2.16. The molecule has 1 heterocycles. The highest BCUT2D eigenvalue weighted by Crippen LogP contribution is 2.40. The van der Waals surface area contributed by atoms with Crippen LogP contribution in [-0.2, 0) is 0 Å². The Labute approximate surface area is 119 Å². The van der Waals surface area contributed by atoms with Crippen LogP contribution >= 0.6 is 23.2 Å². The molecule has 1 aliphatic rings. The van der Waals surface area contributed by atoms with Crippen LogP contribution in [-0.4, -0.2) is 9.97 Å². The first-order valence-electron chi connectivity index (χ1n) is 6.90. The van der Waals surface area contributed by atoms with Crippen molar-refractivity contribution in [1.29, 1.82) is 0 Å². The van der Waals surface area contributed by atoms with Crippen LogP contribution < -0.4 is 0 Å². The highest BCUT2D eigenvalue weighted by atomic mass is 35.5. The molecule has 1 fully saturated rings. The third-order valence-corrected chi connectivity index (χ3v) is 4.56. The maximum absolute atomic E-state index is 6.34. The van der Waals surface area contributed by atoms with E-state index in [1.807, 2.05) is 0 Å². The van der Waals surface area contributed by atoms with E-state index in [1.165, 1.54) is 12.8 Å². The summed E-state index contributed by atoms with van der Waals surface area (Å²) in [6.07, 6.45) is 6.87. The average molecular weight is 287 g/mol. The van der Waals surface area contributed by atoms with Gasteiger partial charge in [0.25, 0.3) is 0 Å². The highest BCUT2D eigenvalue weighted by Gasteiger charge is 2.25. The van der Waals surface area contributed by atoms with Gasteiger partial charge < -0.3 is 0 Å². The molecule has 18 heavy (non-hydrogen) atoms. The van der Waals surface area contributed by atoms with E-state index in [2.05, 4.69) is 23.8 Å². The number of rotatable bonds is 4. The summed E-state index contributed by atoms with van der Waals surface area (Å²) in [6.45, 7) is 4.29. The Kier molecular flexibility index (Phi) is 4.85. The van der Waals surface area contributed by atoms with Gasteiger partial charge in [0.05, 0.1) is 0 Å². The molecule has 1 saturated carbocycles. The van der Waals surface area contributed by atoms with Gasteiger partial charge in [-0.2, -0.15) is 0 Å². The van der Waals surface area contributed by atoms with Gasteiger partial charge in [0.2, 0.25) is 0 Å². The molecule has 0 saturated heterocycles. The van der Waals surface area contributed by atoms with Crippen LogP contribution in [0.5, 0.6) is 0 Å². The van der Waals surface area contributed by atoms with Gasteiger partial charge in [-0.05, 0) is 31.6 Å². The standard InChI is InChI=1S/C14H20Cl2N2/c1-3-9(4-2)14-17-12(15)11(13(16)18-14)10-7-5-6-8-10/h9-10H,3-8H2,1-2H3. The maximum Gasteiger partial charge on any atom is 0.137 e. The second-order valence-corrected chi connectivity index (χ2v) is 5.79. The molecular weight excluding hydrogens is 267 g/mol. The maximum atomic E-state index is 6.34. The second-order valence-electron chi connectivity index (χ2n) is 5.07. The minimum absolute atomic E-state index is 0.359. The van der Waals surface area contributed by atoms with E-state index in [4.69, 9.17) is 23.2 Å². The molecular formula is C14H20Cl2N2. The first-order valence-corrected chi connectivity index (χ1v) is 7.65. The molecule has 0 unspecified atom stereocenters. The van der Waals surface area contributed by atoms with Gasteiger partial charge in [0.15, 0.2) is 0 Å². The Morgan fingerprint density at radius 3 is 2.00 bits per heavy atom. The van der Waals surface area contributed by atoms with Gasteiger partial charge in [0, 0.05) is 11.5 Å². The Bertz CT molecular complexity index is 387. The summed E-state index contributed by atoms with van der Waals surface area (Å²) in [5.74, 6) is 1.62. The molecule has 1 aromatic heterocycles. The summed E-state index contributed by atoms with van der Waals surface area (Å²) in [4.78, 5) is 8.98. The third kappa shape index (κ3) is 2.80. The predicted octanol–water partition coefficient (Wildman–Crippen LogP) is 5.34. The van der Waals surface area contributed by atoms with E-state index in [9.17, 15) is 0 Å². The molecule has 1 aromatic rings. The van der Waals surface area contributed by atoms with Gasteiger partial charge in [-0.1, -0.05) is 49.9 Å². The average Bonchev–Trinajstić information content (AvgIpc) is 2.83. The lowest BCUT2D eigenvalue weighted by Crippen LogP contribution is -2.07. The molecule has 2 nitrogen and oxygen atoms in total. The van der Waals surface area contributed by atoms with Crippen LogP contribution in [0, 0.1) is 0 Å². The minimum atomic E-state index is 0.359. The third-order valence-electron chi connectivity index (χ3n) is 3.98. The normalized spacial score (nSPS) is 16.7. The zero-order valence-corrected chi connectivity index (χ0v) is 12.6. The smallest absolute Gasteiger partial charge is 0.137 e. The number of hydrogen-bond acceptors (Lipinski definition) is 2. The van der Waals surface area contributed by atoms with Crippen LogP contribution in [0.3, 0.4) is 0 Å². The van der Waals surface area contributed by atoms with E-state index >= 15 is 0 Å². The minimum Gasteiger partial charge on any atom is -0.221 e. The Hall–Kier alpha value is -0.340. The van der Waals surface area contributed by atoms with E-state index in [1.54, 1.807) is 0 Å². The number of hydrogen-bond donors (Lipinski definition) is 0. The van der Waals surface area contributed by atoms with Gasteiger partial charge >= 0.3 is 0 Å². The molecule has 2 rings (SSSR count). The van der Waals surface area contributed by atoms with Crippen LogP contribution in [0.1, 0.15) is 75.6 Å². The molecule has 100 valence electrons. The van der Waals surface area contributed by atoms with Crippen molar-refractivity contribution in [2.24, 2.45) is 0 Å². The second kappa shape index (κ2) is 6.21. The zero-order valence-electron chi connectivity index (χ0n) is 11.0. The predicted molar refractivity (Wildman–Crippen MR) is 76.6 cm³/mol. The molecule has 0 bridgehead atoms. The zero-order chi connectivity index (χ0) is 13.1. The summed E-state index contributed by atoms with van der Waals surface area (Å²) in [6, 6.07) is 0. The topological polar surface area (TPSA) is 25.8 Å². The summed E-state index contributed by atoms with van der Waals surface area (Å²) < 4.78 is 0. The Balaban J connectivity index is 2.34. The molecule has 0 aromatic carbocycles. The molecule has 0 radical (unpaired) electrons. The summed E-state index contributed by atoms with van der Waals surface area (Å²) in [7, 11) is 0. The Morgan fingerprint density at radius 2 is 1.56 bits per heavy atom. The molecule has 0 aliphatic heterocycles. The summed E-state index contributed by atoms with van der Waals surface area (Å²) in [5, 5.41) is 1.15. The van der Waals surface area contributed by atoms with Crippen molar-refractivity contribution >= 4 is 23.2 Å². The highest BCUT2D eigenvalue weighted by molar-refractivity contribution is 6.34. The first-order chi connectivity index (χ1) is 8.67. The number of aromatic nitrogens is 2. The molecule has 0 atom stereocenters. The van der Waals surface area contributed by atoms with Gasteiger partial charge in [-0.15, -0.1) is 0 Å². The Morgan fingerprint density at radius 1 is 1.06 bits per heavy atom. The fourth-order valence-corrected chi connectivity index (χ4v) is 3.53. The lowest BCUT2D eigenvalue weighted by molar-refractivity contribution is 0.597. The van der Waals surface area contributed by atoms with Crippen molar-refractivity contribution in [2.75, 3.05) is 0 Å². The van der Waals surface area contributed by atoms with E-state index in [0.717, 1.165) is 37.1 Å². The van der Waals surface area contributed by atoms with Crippen LogP contribution in [0.4, 0.5) is 0 Å². The SMILES string of the molecule is CCC(CC)c1nc(Cl)c(C2CCCC2)c(Cl)n1. The quantitative estimate of drug-likeness (QED) is 0.698. The largest absolute Gasteiger partial charge is 0.221 e. The number of halogens is 2. The molecule has 1 aliphatic carbocycles. The van der Waals surface area contributed by atoms with Crippen LogP contribution in [0.2, 0.25) is 10.3 Å². The van der Waals surface area contributed by atoms with Crippen molar-refractivity contribution in [2.45, 2.75) is 64.2 Å². The van der Waals surface area contributed by atoms with E-state index in [-0.39, 0.29) is 0 Å². The monoisotopic (exact) mass is 286 g/mol. The fraction of sp³-hybridized carbons (Fsp3) is 0.714. The van der Waals surface area contributed by atoms with Crippen molar-refractivity contribution in [3.8, 4) is 0 Å². The van der Waals surface area contributed by atoms with Gasteiger partial charge in [-0.3, -0.25) is 0 Å². The molecule has 0 spiro atoms. The van der Waals surface area contributed by atoms with Crippen molar-refractivity contribution < 1.29 is 0 Å². The van der Waals surface area contributed by atoms with Gasteiger partial charge in [-0.25, -0.2) is 9.97 Å². The molecule has 4 heteroatoms. The van der Waals surface area contributed by atoms with E-state index in [0.29, 0.717) is 22.1 Å².